The highest BCUT2D eigenvalue weighted by Crippen LogP contribution is 2.48. The number of carbonyl (C=O) groups is 2. The summed E-state index contributed by atoms with van der Waals surface area (Å²) in [5.74, 6) is -2.11. The molecule has 156 valence electrons. The van der Waals surface area contributed by atoms with Gasteiger partial charge < -0.3 is 0 Å². The second-order valence-corrected chi connectivity index (χ2v) is 7.98. The largest absolute Gasteiger partial charge is 0.273 e. The van der Waals surface area contributed by atoms with E-state index in [-0.39, 0.29) is 5.91 Å². The monoisotopic (exact) mass is 416 g/mol. The Balaban J connectivity index is 1.61. The Morgan fingerprint density at radius 3 is 2.29 bits per heavy atom. The molecule has 2 amide bonds. The van der Waals surface area contributed by atoms with Crippen molar-refractivity contribution in [1.29, 1.82) is 0 Å². The molecule has 5 rings (SSSR count). The van der Waals surface area contributed by atoms with Gasteiger partial charge in [0.25, 0.3) is 5.91 Å². The Labute approximate surface area is 179 Å². The van der Waals surface area contributed by atoms with E-state index in [1.165, 1.54) is 16.0 Å². The van der Waals surface area contributed by atoms with Gasteiger partial charge in [0.2, 0.25) is 5.91 Å². The van der Waals surface area contributed by atoms with Crippen molar-refractivity contribution in [2.24, 2.45) is 5.92 Å². The average Bonchev–Trinajstić information content (AvgIpc) is 3.26. The van der Waals surface area contributed by atoms with Gasteiger partial charge in [0.1, 0.15) is 11.7 Å². The topological polar surface area (TPSA) is 49.9 Å². The minimum atomic E-state index is -1.02. The normalized spacial score (nSPS) is 22.9. The second-order valence-electron chi connectivity index (χ2n) is 7.98. The van der Waals surface area contributed by atoms with Gasteiger partial charge in [0.15, 0.2) is 6.10 Å². The summed E-state index contributed by atoms with van der Waals surface area (Å²) in [5.41, 5.74) is 3.38. The van der Waals surface area contributed by atoms with E-state index in [9.17, 15) is 14.0 Å². The van der Waals surface area contributed by atoms with Gasteiger partial charge in [-0.1, -0.05) is 54.1 Å². The molecule has 0 aromatic heterocycles. The van der Waals surface area contributed by atoms with Gasteiger partial charge in [-0.3, -0.25) is 14.4 Å². The number of aryl methyl sites for hydroxylation is 2. The number of hydroxylamine groups is 1. The Kier molecular flexibility index (Phi) is 4.59. The van der Waals surface area contributed by atoms with Crippen LogP contribution in [-0.4, -0.2) is 17.9 Å². The molecule has 2 fully saturated rings. The maximum atomic E-state index is 14.8. The van der Waals surface area contributed by atoms with E-state index >= 15 is 0 Å². The van der Waals surface area contributed by atoms with Gasteiger partial charge in [-0.25, -0.2) is 14.4 Å². The summed E-state index contributed by atoms with van der Waals surface area (Å²) >= 11 is 0. The average molecular weight is 416 g/mol. The summed E-state index contributed by atoms with van der Waals surface area (Å²) in [4.78, 5) is 34.2. The molecular formula is C25H21FN2O3. The molecule has 2 heterocycles. The summed E-state index contributed by atoms with van der Waals surface area (Å²) in [7, 11) is 0. The van der Waals surface area contributed by atoms with E-state index in [0.717, 1.165) is 11.1 Å². The molecule has 3 aromatic carbocycles. The summed E-state index contributed by atoms with van der Waals surface area (Å²) in [6.45, 7) is 3.82. The first-order valence-electron chi connectivity index (χ1n) is 10.2. The van der Waals surface area contributed by atoms with Crippen molar-refractivity contribution >= 4 is 23.2 Å². The zero-order valence-corrected chi connectivity index (χ0v) is 17.2. The summed E-state index contributed by atoms with van der Waals surface area (Å²) in [6, 6.07) is 20.3. The van der Waals surface area contributed by atoms with Crippen molar-refractivity contribution in [3.8, 4) is 0 Å². The van der Waals surface area contributed by atoms with Crippen molar-refractivity contribution in [3.05, 3.63) is 95.3 Å². The molecule has 3 atom stereocenters. The van der Waals surface area contributed by atoms with Gasteiger partial charge in [0.05, 0.1) is 17.4 Å². The third-order valence-corrected chi connectivity index (χ3v) is 5.94. The highest BCUT2D eigenvalue weighted by Gasteiger charge is 2.60. The molecule has 0 bridgehead atoms. The van der Waals surface area contributed by atoms with Crippen LogP contribution >= 0.6 is 0 Å². The van der Waals surface area contributed by atoms with Gasteiger partial charge in [0, 0.05) is 5.56 Å². The van der Waals surface area contributed by atoms with Gasteiger partial charge in [-0.05, 0) is 43.7 Å². The zero-order chi connectivity index (χ0) is 21.7. The van der Waals surface area contributed by atoms with Crippen molar-refractivity contribution in [2.75, 3.05) is 9.96 Å². The Hall–Kier alpha value is -3.51. The Bertz CT molecular complexity index is 1180. The highest BCUT2D eigenvalue weighted by atomic mass is 19.1. The molecule has 0 N–H and O–H groups in total. The Morgan fingerprint density at radius 2 is 1.58 bits per heavy atom. The van der Waals surface area contributed by atoms with Crippen LogP contribution in [0.15, 0.2) is 72.8 Å². The van der Waals surface area contributed by atoms with Crippen molar-refractivity contribution < 1.29 is 18.8 Å². The number of hydrogen-bond donors (Lipinski definition) is 0. The van der Waals surface area contributed by atoms with Crippen molar-refractivity contribution in [1.82, 2.24) is 0 Å². The molecular weight excluding hydrogens is 395 g/mol. The summed E-state index contributed by atoms with van der Waals surface area (Å²) in [5, 5.41) is 1.50. The van der Waals surface area contributed by atoms with Crippen LogP contribution < -0.4 is 9.96 Å². The molecule has 3 aromatic rings. The third kappa shape index (κ3) is 3.02. The molecule has 0 aliphatic carbocycles. The molecule has 2 aliphatic heterocycles. The maximum Gasteiger partial charge on any atom is 0.266 e. The molecule has 0 saturated carbocycles. The number of benzene rings is 3. The lowest BCUT2D eigenvalue weighted by molar-refractivity contribution is -0.126. The predicted molar refractivity (Wildman–Crippen MR) is 115 cm³/mol. The van der Waals surface area contributed by atoms with Crippen LogP contribution in [0.25, 0.3) is 0 Å². The summed E-state index contributed by atoms with van der Waals surface area (Å²) < 4.78 is 14.8. The second kappa shape index (κ2) is 7.32. The number of imide groups is 1. The van der Waals surface area contributed by atoms with Crippen LogP contribution in [0, 0.1) is 25.6 Å². The number of fused-ring (bicyclic) bond motifs is 1. The zero-order valence-electron chi connectivity index (χ0n) is 17.2. The molecule has 31 heavy (non-hydrogen) atoms. The molecule has 0 unspecified atom stereocenters. The fraction of sp³-hybridized carbons (Fsp3) is 0.200. The summed E-state index contributed by atoms with van der Waals surface area (Å²) in [6.07, 6.45) is -1.02. The minimum Gasteiger partial charge on any atom is -0.273 e. The lowest BCUT2D eigenvalue weighted by Gasteiger charge is -2.29. The highest BCUT2D eigenvalue weighted by molar-refractivity contribution is 6.24. The van der Waals surface area contributed by atoms with E-state index in [1.807, 2.05) is 56.3 Å². The van der Waals surface area contributed by atoms with Gasteiger partial charge >= 0.3 is 0 Å². The molecule has 6 heteroatoms. The number of anilines is 2. The number of rotatable bonds is 3. The van der Waals surface area contributed by atoms with Crippen molar-refractivity contribution in [3.63, 3.8) is 0 Å². The van der Waals surface area contributed by atoms with Crippen LogP contribution in [0.5, 0.6) is 0 Å². The smallest absolute Gasteiger partial charge is 0.266 e. The molecule has 5 nitrogen and oxygen atoms in total. The van der Waals surface area contributed by atoms with E-state index in [0.29, 0.717) is 16.9 Å². The van der Waals surface area contributed by atoms with Crippen LogP contribution in [0.4, 0.5) is 15.8 Å². The predicted octanol–water partition coefficient (Wildman–Crippen LogP) is 4.49. The third-order valence-electron chi connectivity index (χ3n) is 5.94. The molecule has 2 aliphatic rings. The number of amides is 2. The number of carbonyl (C=O) groups excluding carboxylic acids is 2. The first kappa shape index (κ1) is 19.5. The van der Waals surface area contributed by atoms with E-state index < -0.39 is 29.8 Å². The first-order valence-corrected chi connectivity index (χ1v) is 10.2. The first-order chi connectivity index (χ1) is 15.0. The molecule has 2 saturated heterocycles. The van der Waals surface area contributed by atoms with Crippen LogP contribution in [0.1, 0.15) is 22.7 Å². The number of hydrogen-bond acceptors (Lipinski definition) is 4. The quantitative estimate of drug-likeness (QED) is 0.590. The van der Waals surface area contributed by atoms with Crippen LogP contribution in [0.2, 0.25) is 0 Å². The lowest BCUT2D eigenvalue weighted by atomic mass is 9.90. The van der Waals surface area contributed by atoms with Gasteiger partial charge in [-0.15, -0.1) is 0 Å². The molecule has 0 spiro atoms. The van der Waals surface area contributed by atoms with E-state index in [4.69, 9.17) is 4.84 Å². The standard InChI is InChI=1S/C25H21FN2O3/c1-15-12-13-20(16(2)14-15)27-24(29)21-22(18-10-6-7-11-19(18)26)28(31-23(21)25(27)30)17-8-4-3-5-9-17/h3-14,21-23H,1-2H3/t21-,22-,23+/m1/s1. The van der Waals surface area contributed by atoms with Gasteiger partial charge in [-0.2, -0.15) is 0 Å². The SMILES string of the molecule is Cc1ccc(N2C(=O)[C@H]3[C@H](ON(c4ccccc4)[C@@H]3c3ccccc3F)C2=O)c(C)c1. The fourth-order valence-electron chi connectivity index (χ4n) is 4.54. The lowest BCUT2D eigenvalue weighted by Crippen LogP contribution is -2.38. The van der Waals surface area contributed by atoms with Crippen LogP contribution in [-0.2, 0) is 14.4 Å². The number of halogens is 1. The minimum absolute atomic E-state index is 0.322. The molecule has 0 radical (unpaired) electrons. The van der Waals surface area contributed by atoms with E-state index in [1.54, 1.807) is 24.3 Å². The van der Waals surface area contributed by atoms with E-state index in [2.05, 4.69) is 0 Å². The number of para-hydroxylation sites is 1. The number of nitrogens with zero attached hydrogens (tertiary/aromatic N) is 2. The fourth-order valence-corrected chi connectivity index (χ4v) is 4.54. The maximum absolute atomic E-state index is 14.8. The van der Waals surface area contributed by atoms with Crippen LogP contribution in [0.3, 0.4) is 0 Å². The Morgan fingerprint density at radius 1 is 0.871 bits per heavy atom. The van der Waals surface area contributed by atoms with Crippen molar-refractivity contribution in [2.45, 2.75) is 26.0 Å².